The number of rotatable bonds is 6. The maximum absolute atomic E-state index is 14.3. The number of nitrogens with zero attached hydrogens (tertiary/aromatic N) is 1. The average molecular weight is 378 g/mol. The lowest BCUT2D eigenvalue weighted by molar-refractivity contribution is 0.0696. The number of sulfonamides is 1. The Hall–Kier alpha value is -2.45. The molecule has 1 heterocycles. The van der Waals surface area contributed by atoms with Gasteiger partial charge in [-0.2, -0.15) is 0 Å². The number of anilines is 1. The third-order valence-corrected chi connectivity index (χ3v) is 6.07. The van der Waals surface area contributed by atoms with Crippen molar-refractivity contribution in [1.29, 1.82) is 0 Å². The van der Waals surface area contributed by atoms with Gasteiger partial charge in [-0.1, -0.05) is 18.2 Å². The Morgan fingerprint density at radius 1 is 1.15 bits per heavy atom. The van der Waals surface area contributed by atoms with E-state index < -0.39 is 21.8 Å². The van der Waals surface area contributed by atoms with Crippen molar-refractivity contribution in [3.8, 4) is 0 Å². The lowest BCUT2D eigenvalue weighted by Gasteiger charge is -2.18. The molecule has 6 nitrogen and oxygen atoms in total. The summed E-state index contributed by atoms with van der Waals surface area (Å²) < 4.78 is 39.3. The van der Waals surface area contributed by atoms with E-state index in [1.165, 1.54) is 18.2 Å². The zero-order chi connectivity index (χ0) is 18.7. The van der Waals surface area contributed by atoms with Crippen molar-refractivity contribution in [1.82, 2.24) is 5.32 Å². The van der Waals surface area contributed by atoms with E-state index in [-0.39, 0.29) is 17.0 Å². The van der Waals surface area contributed by atoms with Gasteiger partial charge in [0.05, 0.1) is 17.0 Å². The Bertz CT molecular complexity index is 931. The predicted octanol–water partition coefficient (Wildman–Crippen LogP) is 2.35. The molecule has 2 N–H and O–H groups in total. The Balaban J connectivity index is 1.64. The molecular formula is C18H19FN2O4S. The molecule has 1 aliphatic heterocycles. The van der Waals surface area contributed by atoms with Crippen molar-refractivity contribution >= 4 is 21.7 Å². The summed E-state index contributed by atoms with van der Waals surface area (Å²) in [6, 6.07) is 11.1. The van der Waals surface area contributed by atoms with Crippen molar-refractivity contribution < 1.29 is 22.7 Å². The zero-order valence-corrected chi connectivity index (χ0v) is 14.8. The van der Waals surface area contributed by atoms with Crippen LogP contribution < -0.4 is 9.62 Å². The second-order valence-corrected chi connectivity index (χ2v) is 8.15. The molecule has 26 heavy (non-hydrogen) atoms. The fourth-order valence-corrected chi connectivity index (χ4v) is 4.51. The van der Waals surface area contributed by atoms with Gasteiger partial charge in [0.1, 0.15) is 5.82 Å². The standard InChI is InChI=1S/C18H19FN2O4S/c19-16-10-14(5-6-17(16)21-7-2-8-26(21,24)25)12-20-11-13-3-1-4-15(9-13)18(22)23/h1,3-6,9-10,20H,2,7-8,11-12H2,(H,22,23). The highest BCUT2D eigenvalue weighted by Gasteiger charge is 2.30. The lowest BCUT2D eigenvalue weighted by atomic mass is 10.1. The first-order valence-electron chi connectivity index (χ1n) is 8.18. The van der Waals surface area contributed by atoms with Gasteiger partial charge in [0.15, 0.2) is 0 Å². The third-order valence-electron chi connectivity index (χ3n) is 4.21. The van der Waals surface area contributed by atoms with E-state index in [4.69, 9.17) is 5.11 Å². The van der Waals surface area contributed by atoms with Gasteiger partial charge in [-0.05, 0) is 41.8 Å². The fraction of sp³-hybridized carbons (Fsp3) is 0.278. The summed E-state index contributed by atoms with van der Waals surface area (Å²) in [6.45, 7) is 1.11. The van der Waals surface area contributed by atoms with E-state index in [9.17, 15) is 17.6 Å². The van der Waals surface area contributed by atoms with Crippen LogP contribution in [0, 0.1) is 5.82 Å². The second-order valence-electron chi connectivity index (χ2n) is 6.14. The van der Waals surface area contributed by atoms with Crippen LogP contribution in [0.3, 0.4) is 0 Å². The molecule has 1 fully saturated rings. The average Bonchev–Trinajstić information content (AvgIpc) is 2.94. The number of carboxylic acids is 1. The predicted molar refractivity (Wildman–Crippen MR) is 96.1 cm³/mol. The highest BCUT2D eigenvalue weighted by molar-refractivity contribution is 7.93. The smallest absolute Gasteiger partial charge is 0.335 e. The summed E-state index contributed by atoms with van der Waals surface area (Å²) in [5.74, 6) is -1.51. The highest BCUT2D eigenvalue weighted by Crippen LogP contribution is 2.27. The Kier molecular flexibility index (Phi) is 5.24. The normalized spacial score (nSPS) is 16.0. The van der Waals surface area contributed by atoms with Gasteiger partial charge < -0.3 is 10.4 Å². The minimum Gasteiger partial charge on any atom is -0.478 e. The molecule has 0 bridgehead atoms. The molecule has 0 saturated carbocycles. The molecule has 0 atom stereocenters. The number of halogens is 1. The molecule has 2 aromatic rings. The van der Waals surface area contributed by atoms with E-state index in [0.717, 1.165) is 9.87 Å². The van der Waals surface area contributed by atoms with Crippen LogP contribution in [0.15, 0.2) is 42.5 Å². The van der Waals surface area contributed by atoms with Gasteiger partial charge in [0.2, 0.25) is 10.0 Å². The molecule has 0 aromatic heterocycles. The largest absolute Gasteiger partial charge is 0.478 e. The number of hydrogen-bond acceptors (Lipinski definition) is 4. The minimum absolute atomic E-state index is 0.0468. The van der Waals surface area contributed by atoms with Crippen LogP contribution in [0.4, 0.5) is 10.1 Å². The van der Waals surface area contributed by atoms with Crippen molar-refractivity contribution in [2.45, 2.75) is 19.5 Å². The first-order valence-corrected chi connectivity index (χ1v) is 9.79. The van der Waals surface area contributed by atoms with E-state index in [1.807, 2.05) is 0 Å². The van der Waals surface area contributed by atoms with Crippen LogP contribution in [0.5, 0.6) is 0 Å². The molecule has 0 unspecified atom stereocenters. The lowest BCUT2D eigenvalue weighted by Crippen LogP contribution is -2.26. The maximum Gasteiger partial charge on any atom is 0.335 e. The van der Waals surface area contributed by atoms with Crippen LogP contribution >= 0.6 is 0 Å². The molecule has 2 aromatic carbocycles. The summed E-state index contributed by atoms with van der Waals surface area (Å²) in [6.07, 6.45) is 0.500. The molecule has 8 heteroatoms. The monoisotopic (exact) mass is 378 g/mol. The summed E-state index contributed by atoms with van der Waals surface area (Å²) in [7, 11) is -3.41. The summed E-state index contributed by atoms with van der Waals surface area (Å²) in [4.78, 5) is 11.0. The Morgan fingerprint density at radius 3 is 2.50 bits per heavy atom. The van der Waals surface area contributed by atoms with Crippen LogP contribution in [-0.2, 0) is 23.1 Å². The van der Waals surface area contributed by atoms with Crippen LogP contribution in [0.2, 0.25) is 0 Å². The van der Waals surface area contributed by atoms with Gasteiger partial charge >= 0.3 is 5.97 Å². The molecule has 0 amide bonds. The summed E-state index contributed by atoms with van der Waals surface area (Å²) in [5, 5.41) is 12.1. The zero-order valence-electron chi connectivity index (χ0n) is 14.0. The number of carbonyl (C=O) groups is 1. The number of hydrogen-bond donors (Lipinski definition) is 2. The first-order chi connectivity index (χ1) is 12.4. The molecule has 0 radical (unpaired) electrons. The highest BCUT2D eigenvalue weighted by atomic mass is 32.2. The van der Waals surface area contributed by atoms with E-state index in [0.29, 0.717) is 31.6 Å². The fourth-order valence-electron chi connectivity index (χ4n) is 2.94. The van der Waals surface area contributed by atoms with Gasteiger partial charge in [-0.15, -0.1) is 0 Å². The molecule has 0 aliphatic carbocycles. The SMILES string of the molecule is O=C(O)c1cccc(CNCc2ccc(N3CCCS3(=O)=O)c(F)c2)c1. The van der Waals surface area contributed by atoms with E-state index >= 15 is 0 Å². The summed E-state index contributed by atoms with van der Waals surface area (Å²) in [5.41, 5.74) is 1.79. The molecule has 1 saturated heterocycles. The minimum atomic E-state index is -3.41. The molecule has 0 spiro atoms. The maximum atomic E-state index is 14.3. The quantitative estimate of drug-likeness (QED) is 0.806. The van der Waals surface area contributed by atoms with Gasteiger partial charge in [-0.3, -0.25) is 4.31 Å². The summed E-state index contributed by atoms with van der Waals surface area (Å²) >= 11 is 0. The second kappa shape index (κ2) is 7.43. The number of aromatic carboxylic acids is 1. The van der Waals surface area contributed by atoms with Crippen LogP contribution in [0.1, 0.15) is 27.9 Å². The number of nitrogens with one attached hydrogen (secondary N) is 1. The molecule has 3 rings (SSSR count). The van der Waals surface area contributed by atoms with Gasteiger partial charge in [0.25, 0.3) is 0 Å². The number of carboxylic acid groups (broad SMARTS) is 1. The van der Waals surface area contributed by atoms with Crippen LogP contribution in [-0.4, -0.2) is 31.8 Å². The Labute approximate surface area is 151 Å². The third kappa shape index (κ3) is 4.03. The molecule has 1 aliphatic rings. The van der Waals surface area contributed by atoms with Crippen LogP contribution in [0.25, 0.3) is 0 Å². The van der Waals surface area contributed by atoms with Crippen molar-refractivity contribution in [3.63, 3.8) is 0 Å². The first kappa shape index (κ1) is 18.3. The van der Waals surface area contributed by atoms with Crippen molar-refractivity contribution in [3.05, 3.63) is 65.0 Å². The van der Waals surface area contributed by atoms with Gasteiger partial charge in [0, 0.05) is 19.6 Å². The Morgan fingerprint density at radius 2 is 1.88 bits per heavy atom. The molecule has 138 valence electrons. The van der Waals surface area contributed by atoms with Crippen molar-refractivity contribution in [2.24, 2.45) is 0 Å². The molecular weight excluding hydrogens is 359 g/mol. The van der Waals surface area contributed by atoms with Gasteiger partial charge in [-0.25, -0.2) is 17.6 Å². The van der Waals surface area contributed by atoms with E-state index in [1.54, 1.807) is 24.3 Å². The van der Waals surface area contributed by atoms with Crippen molar-refractivity contribution in [2.75, 3.05) is 16.6 Å². The number of benzene rings is 2. The topological polar surface area (TPSA) is 86.7 Å². The van der Waals surface area contributed by atoms with E-state index in [2.05, 4.69) is 5.32 Å².